The molecule has 1 atom stereocenters. The summed E-state index contributed by atoms with van der Waals surface area (Å²) in [4.78, 5) is 15.8. The first kappa shape index (κ1) is 13.6. The van der Waals surface area contributed by atoms with Gasteiger partial charge in [0.15, 0.2) is 0 Å². The van der Waals surface area contributed by atoms with Gasteiger partial charge in [0, 0.05) is 12.7 Å². The number of rotatable bonds is 5. The molecule has 1 rings (SSSR count). The maximum atomic E-state index is 11.8. The van der Waals surface area contributed by atoms with Crippen LogP contribution in [0.2, 0.25) is 0 Å². The van der Waals surface area contributed by atoms with Gasteiger partial charge in [0.25, 0.3) is 5.91 Å². The number of nitrogens with zero attached hydrogens (tertiary/aromatic N) is 1. The Morgan fingerprint density at radius 2 is 2.24 bits per heavy atom. The van der Waals surface area contributed by atoms with Crippen LogP contribution in [0.1, 0.15) is 29.9 Å². The number of aliphatic hydroxyl groups is 1. The predicted molar refractivity (Wildman–Crippen MR) is 65.3 cm³/mol. The lowest BCUT2D eigenvalue weighted by Crippen LogP contribution is -2.41. The summed E-state index contributed by atoms with van der Waals surface area (Å²) in [5.74, 6) is -0.103. The van der Waals surface area contributed by atoms with E-state index in [0.717, 1.165) is 5.56 Å². The molecule has 5 heteroatoms. The first-order valence-electron chi connectivity index (χ1n) is 5.65. The molecule has 0 saturated heterocycles. The molecule has 0 radical (unpaired) electrons. The SMILES string of the molecule is CC(C)[C@@H](CO)NC(=O)c1ccc(CN)cn1. The quantitative estimate of drug-likeness (QED) is 0.686. The zero-order valence-corrected chi connectivity index (χ0v) is 10.2. The molecular weight excluding hydrogens is 218 g/mol. The van der Waals surface area contributed by atoms with Gasteiger partial charge in [0.05, 0.1) is 12.6 Å². The second-order valence-electron chi connectivity index (χ2n) is 4.26. The third kappa shape index (κ3) is 3.80. The Balaban J connectivity index is 2.68. The number of hydrogen-bond acceptors (Lipinski definition) is 4. The lowest BCUT2D eigenvalue weighted by molar-refractivity contribution is 0.0892. The molecule has 4 N–H and O–H groups in total. The zero-order chi connectivity index (χ0) is 12.8. The van der Waals surface area contributed by atoms with E-state index in [1.165, 1.54) is 0 Å². The minimum Gasteiger partial charge on any atom is -0.394 e. The van der Waals surface area contributed by atoms with Crippen molar-refractivity contribution in [2.75, 3.05) is 6.61 Å². The molecule has 0 aromatic carbocycles. The molecule has 0 unspecified atom stereocenters. The molecule has 0 saturated carbocycles. The number of amides is 1. The van der Waals surface area contributed by atoms with Crippen molar-refractivity contribution in [1.82, 2.24) is 10.3 Å². The fourth-order valence-corrected chi connectivity index (χ4v) is 1.35. The number of nitrogens with two attached hydrogens (primary N) is 1. The first-order chi connectivity index (χ1) is 8.08. The Bertz CT molecular complexity index is 363. The Hall–Kier alpha value is -1.46. The van der Waals surface area contributed by atoms with Crippen LogP contribution in [-0.4, -0.2) is 28.6 Å². The van der Waals surface area contributed by atoms with Gasteiger partial charge < -0.3 is 16.2 Å². The third-order valence-corrected chi connectivity index (χ3v) is 2.61. The summed E-state index contributed by atoms with van der Waals surface area (Å²) in [5.41, 5.74) is 6.66. The van der Waals surface area contributed by atoms with E-state index in [2.05, 4.69) is 10.3 Å². The summed E-state index contributed by atoms with van der Waals surface area (Å²) in [6, 6.07) is 3.15. The van der Waals surface area contributed by atoms with Crippen molar-refractivity contribution in [1.29, 1.82) is 0 Å². The van der Waals surface area contributed by atoms with Crippen LogP contribution in [0.5, 0.6) is 0 Å². The van der Waals surface area contributed by atoms with Crippen molar-refractivity contribution in [2.45, 2.75) is 26.4 Å². The smallest absolute Gasteiger partial charge is 0.270 e. The van der Waals surface area contributed by atoms with Crippen molar-refractivity contribution in [3.63, 3.8) is 0 Å². The second kappa shape index (κ2) is 6.32. The lowest BCUT2D eigenvalue weighted by atomic mass is 10.1. The van der Waals surface area contributed by atoms with E-state index in [1.54, 1.807) is 18.3 Å². The molecule has 1 aromatic heterocycles. The standard InChI is InChI=1S/C12H19N3O2/c1-8(2)11(7-16)15-12(17)10-4-3-9(5-13)6-14-10/h3-4,6,8,11,16H,5,7,13H2,1-2H3,(H,15,17)/t11-/m1/s1. The van der Waals surface area contributed by atoms with Gasteiger partial charge >= 0.3 is 0 Å². The van der Waals surface area contributed by atoms with Gasteiger partial charge in [0.2, 0.25) is 0 Å². The lowest BCUT2D eigenvalue weighted by Gasteiger charge is -2.19. The van der Waals surface area contributed by atoms with Crippen LogP contribution in [0.4, 0.5) is 0 Å². The number of pyridine rings is 1. The van der Waals surface area contributed by atoms with Crippen molar-refractivity contribution in [2.24, 2.45) is 11.7 Å². The van der Waals surface area contributed by atoms with Gasteiger partial charge in [0.1, 0.15) is 5.69 Å². The molecule has 94 valence electrons. The van der Waals surface area contributed by atoms with Gasteiger partial charge in [-0.3, -0.25) is 9.78 Å². The van der Waals surface area contributed by atoms with Crippen LogP contribution >= 0.6 is 0 Å². The summed E-state index contributed by atoms with van der Waals surface area (Å²) in [5, 5.41) is 11.9. The Morgan fingerprint density at radius 3 is 2.65 bits per heavy atom. The summed E-state index contributed by atoms with van der Waals surface area (Å²) in [6.45, 7) is 4.20. The van der Waals surface area contributed by atoms with Gasteiger partial charge in [-0.15, -0.1) is 0 Å². The third-order valence-electron chi connectivity index (χ3n) is 2.61. The summed E-state index contributed by atoms with van der Waals surface area (Å²) < 4.78 is 0. The average Bonchev–Trinajstić information content (AvgIpc) is 2.35. The Kier molecular flexibility index (Phi) is 5.06. The molecular formula is C12H19N3O2. The van der Waals surface area contributed by atoms with E-state index in [9.17, 15) is 4.79 Å². The normalized spacial score (nSPS) is 12.5. The van der Waals surface area contributed by atoms with Crippen LogP contribution in [0.3, 0.4) is 0 Å². The molecule has 0 aliphatic carbocycles. The summed E-state index contributed by atoms with van der Waals surface area (Å²) in [7, 11) is 0. The van der Waals surface area contributed by atoms with Crippen molar-refractivity contribution in [3.05, 3.63) is 29.6 Å². The average molecular weight is 237 g/mol. The van der Waals surface area contributed by atoms with Gasteiger partial charge in [-0.05, 0) is 17.5 Å². The van der Waals surface area contributed by atoms with E-state index in [4.69, 9.17) is 10.8 Å². The Morgan fingerprint density at radius 1 is 1.53 bits per heavy atom. The molecule has 1 aromatic rings. The van der Waals surface area contributed by atoms with Crippen molar-refractivity contribution < 1.29 is 9.90 Å². The van der Waals surface area contributed by atoms with Gasteiger partial charge in [-0.25, -0.2) is 0 Å². The number of aromatic nitrogens is 1. The van der Waals surface area contributed by atoms with E-state index >= 15 is 0 Å². The highest BCUT2D eigenvalue weighted by atomic mass is 16.3. The maximum absolute atomic E-state index is 11.8. The number of hydrogen-bond donors (Lipinski definition) is 3. The molecule has 0 spiro atoms. The largest absolute Gasteiger partial charge is 0.394 e. The fraction of sp³-hybridized carbons (Fsp3) is 0.500. The molecule has 0 bridgehead atoms. The number of nitrogens with one attached hydrogen (secondary N) is 1. The Labute approximate surface area is 101 Å². The first-order valence-corrected chi connectivity index (χ1v) is 5.65. The van der Waals surface area contributed by atoms with Gasteiger partial charge in [-0.2, -0.15) is 0 Å². The minimum absolute atomic E-state index is 0.0791. The van der Waals surface area contributed by atoms with Crippen LogP contribution in [-0.2, 0) is 6.54 Å². The maximum Gasteiger partial charge on any atom is 0.270 e. The van der Waals surface area contributed by atoms with E-state index < -0.39 is 0 Å². The van der Waals surface area contributed by atoms with E-state index in [0.29, 0.717) is 12.2 Å². The molecule has 0 fully saturated rings. The number of carbonyl (C=O) groups is 1. The molecule has 0 aliphatic heterocycles. The topological polar surface area (TPSA) is 88.2 Å². The molecule has 1 heterocycles. The summed E-state index contributed by atoms with van der Waals surface area (Å²) in [6.07, 6.45) is 1.58. The summed E-state index contributed by atoms with van der Waals surface area (Å²) >= 11 is 0. The molecule has 0 aliphatic rings. The minimum atomic E-state index is -0.277. The monoisotopic (exact) mass is 237 g/mol. The number of aliphatic hydroxyl groups excluding tert-OH is 1. The van der Waals surface area contributed by atoms with Gasteiger partial charge in [-0.1, -0.05) is 19.9 Å². The predicted octanol–water partition coefficient (Wildman–Crippen LogP) is 0.287. The van der Waals surface area contributed by atoms with Crippen molar-refractivity contribution >= 4 is 5.91 Å². The van der Waals surface area contributed by atoms with E-state index in [1.807, 2.05) is 13.8 Å². The van der Waals surface area contributed by atoms with Crippen LogP contribution in [0, 0.1) is 5.92 Å². The van der Waals surface area contributed by atoms with Crippen LogP contribution < -0.4 is 11.1 Å². The van der Waals surface area contributed by atoms with Crippen molar-refractivity contribution in [3.8, 4) is 0 Å². The number of carbonyl (C=O) groups excluding carboxylic acids is 1. The van der Waals surface area contributed by atoms with Crippen LogP contribution in [0.15, 0.2) is 18.3 Å². The highest BCUT2D eigenvalue weighted by Gasteiger charge is 2.16. The zero-order valence-electron chi connectivity index (χ0n) is 10.2. The highest BCUT2D eigenvalue weighted by molar-refractivity contribution is 5.92. The van der Waals surface area contributed by atoms with E-state index in [-0.39, 0.29) is 24.5 Å². The second-order valence-corrected chi connectivity index (χ2v) is 4.26. The fourth-order valence-electron chi connectivity index (χ4n) is 1.35. The molecule has 5 nitrogen and oxygen atoms in total. The molecule has 17 heavy (non-hydrogen) atoms. The van der Waals surface area contributed by atoms with Crippen LogP contribution in [0.25, 0.3) is 0 Å². The highest BCUT2D eigenvalue weighted by Crippen LogP contribution is 2.04. The molecule has 1 amide bonds.